The van der Waals surface area contributed by atoms with E-state index in [0.717, 1.165) is 72.1 Å². The van der Waals surface area contributed by atoms with Gasteiger partial charge in [0.2, 0.25) is 0 Å². The first-order valence-electron chi connectivity index (χ1n) is 28.5. The second kappa shape index (κ2) is 23.9. The lowest BCUT2D eigenvalue weighted by molar-refractivity contribution is 0.716. The van der Waals surface area contributed by atoms with E-state index in [9.17, 15) is 14.4 Å². The van der Waals surface area contributed by atoms with Crippen molar-refractivity contribution < 1.29 is 0 Å². The molecule has 21 nitrogen and oxygen atoms in total. The molecule has 89 heavy (non-hydrogen) atoms. The van der Waals surface area contributed by atoms with Crippen molar-refractivity contribution in [2.24, 2.45) is 7.05 Å². The molecule has 15 rings (SSSR count). The maximum Gasteiger partial charge on any atom is 0.266 e. The smallest absolute Gasteiger partial charge is 0.266 e. The van der Waals surface area contributed by atoms with E-state index in [-0.39, 0.29) is 16.7 Å². The molecule has 0 amide bonds. The molecule has 0 radical (unpaired) electrons. The van der Waals surface area contributed by atoms with Crippen molar-refractivity contribution in [1.29, 1.82) is 0 Å². The van der Waals surface area contributed by atoms with Crippen LogP contribution in [0.3, 0.4) is 0 Å². The fourth-order valence-electron chi connectivity index (χ4n) is 11.2. The minimum Gasteiger partial charge on any atom is -0.320 e. The Morgan fingerprint density at radius 1 is 0.404 bits per heavy atom. The molecular formula is C67H56N18O3S. The van der Waals surface area contributed by atoms with Crippen molar-refractivity contribution >= 4 is 78.0 Å². The summed E-state index contributed by atoms with van der Waals surface area (Å²) >= 11 is 1.50. The molecule has 9 aromatic heterocycles. The molecule has 22 heteroatoms. The molecule has 0 saturated heterocycles. The van der Waals surface area contributed by atoms with Crippen LogP contribution in [0.2, 0.25) is 0 Å². The number of para-hydroxylation sites is 3. The average Bonchev–Trinajstić information content (AvgIpc) is 3.14. The summed E-state index contributed by atoms with van der Waals surface area (Å²) in [5.41, 5.74) is 14.5. The number of fused-ring (bicyclic) bond motifs is 6. The molecular weight excluding hydrogens is 1140 g/mol. The highest BCUT2D eigenvalue weighted by Crippen LogP contribution is 2.29. The van der Waals surface area contributed by atoms with Gasteiger partial charge >= 0.3 is 0 Å². The molecule has 0 aliphatic heterocycles. The largest absolute Gasteiger partial charge is 0.320 e. The van der Waals surface area contributed by atoms with Gasteiger partial charge in [0.25, 0.3) is 16.7 Å². The number of aromatic nitrogens is 18. The molecule has 0 fully saturated rings. The quantitative estimate of drug-likeness (QED) is 0.0914. The second-order valence-corrected chi connectivity index (χ2v) is 22.4. The third-order valence-corrected chi connectivity index (χ3v) is 16.6. The molecule has 9 heterocycles. The van der Waals surface area contributed by atoms with Crippen LogP contribution < -0.4 is 16.7 Å². The summed E-state index contributed by atoms with van der Waals surface area (Å²) in [6.45, 7) is 12.5. The molecule has 0 unspecified atom stereocenters. The summed E-state index contributed by atoms with van der Waals surface area (Å²) in [6.07, 6.45) is 13.0. The van der Waals surface area contributed by atoms with Crippen LogP contribution in [0, 0.1) is 41.5 Å². The predicted molar refractivity (Wildman–Crippen MR) is 345 cm³/mol. The highest BCUT2D eigenvalue weighted by atomic mass is 32.2. The summed E-state index contributed by atoms with van der Waals surface area (Å²) in [5, 5.41) is 2.69. The van der Waals surface area contributed by atoms with Crippen molar-refractivity contribution in [3.63, 3.8) is 0 Å². The van der Waals surface area contributed by atoms with Gasteiger partial charge in [-0.2, -0.15) is 0 Å². The van der Waals surface area contributed by atoms with Gasteiger partial charge in [-0.1, -0.05) is 103 Å². The van der Waals surface area contributed by atoms with Crippen LogP contribution in [0.1, 0.15) is 50.9 Å². The number of hydrogen-bond donors (Lipinski definition) is 0. The van der Waals surface area contributed by atoms with Crippen LogP contribution in [-0.4, -0.2) is 87.2 Å². The van der Waals surface area contributed by atoms with Crippen LogP contribution in [0.5, 0.6) is 0 Å². The van der Waals surface area contributed by atoms with Gasteiger partial charge in [0.1, 0.15) is 58.0 Å². The Morgan fingerprint density at radius 3 is 1.42 bits per heavy atom. The van der Waals surface area contributed by atoms with Crippen LogP contribution >= 0.6 is 11.8 Å². The molecule has 0 aliphatic carbocycles. The van der Waals surface area contributed by atoms with Crippen LogP contribution in [0.25, 0.3) is 83.3 Å². The number of benzene rings is 6. The van der Waals surface area contributed by atoms with Gasteiger partial charge in [0, 0.05) is 7.05 Å². The van der Waals surface area contributed by atoms with E-state index >= 15 is 0 Å². The van der Waals surface area contributed by atoms with Gasteiger partial charge in [-0.15, -0.1) is 0 Å². The van der Waals surface area contributed by atoms with Gasteiger partial charge in [-0.3, -0.25) is 28.1 Å². The lowest BCUT2D eigenvalue weighted by Crippen LogP contribution is -2.26. The van der Waals surface area contributed by atoms with Gasteiger partial charge in [0.15, 0.2) is 16.9 Å². The molecule has 0 saturated carbocycles. The van der Waals surface area contributed by atoms with Crippen LogP contribution in [0.15, 0.2) is 197 Å². The minimum absolute atomic E-state index is 0.0568. The first-order valence-corrected chi connectivity index (χ1v) is 29.5. The normalized spacial score (nSPS) is 11.4. The number of aryl methyl sites for hydroxylation is 7. The average molecular weight is 1190 g/mol. The molecule has 438 valence electrons. The van der Waals surface area contributed by atoms with Crippen LogP contribution in [-0.2, 0) is 25.9 Å². The monoisotopic (exact) mass is 1190 g/mol. The highest BCUT2D eigenvalue weighted by Gasteiger charge is 2.21. The van der Waals surface area contributed by atoms with Crippen molar-refractivity contribution in [3.05, 3.63) is 260 Å². The lowest BCUT2D eigenvalue weighted by Gasteiger charge is -2.16. The Bertz CT molecular complexity index is 5210. The third kappa shape index (κ3) is 10.7. The zero-order valence-corrected chi connectivity index (χ0v) is 50.4. The van der Waals surface area contributed by atoms with E-state index in [1.165, 1.54) is 30.7 Å². The van der Waals surface area contributed by atoms with Crippen LogP contribution in [0.4, 0.5) is 0 Å². The van der Waals surface area contributed by atoms with Crippen molar-refractivity contribution in [2.45, 2.75) is 65.4 Å². The molecule has 0 spiro atoms. The molecule has 15 aromatic rings. The Morgan fingerprint density at radius 2 is 0.865 bits per heavy atom. The highest BCUT2D eigenvalue weighted by molar-refractivity contribution is 7.98. The van der Waals surface area contributed by atoms with E-state index in [2.05, 4.69) is 44.9 Å². The second-order valence-electron chi connectivity index (χ2n) is 21.5. The molecule has 0 aliphatic rings. The zero-order chi connectivity index (χ0) is 61.4. The van der Waals surface area contributed by atoms with Gasteiger partial charge < -0.3 is 13.7 Å². The predicted octanol–water partition coefficient (Wildman–Crippen LogP) is 10.4. The maximum atomic E-state index is 13.6. The summed E-state index contributed by atoms with van der Waals surface area (Å²) in [4.78, 5) is 93.9. The fraction of sp³-hybridized carbons (Fsp3) is 0.149. The summed E-state index contributed by atoms with van der Waals surface area (Å²) in [6, 6.07) is 40.8. The Balaban J connectivity index is 0.000000123. The maximum absolute atomic E-state index is 13.6. The number of nitrogens with zero attached hydrogens (tertiary/aromatic N) is 18. The molecule has 0 bridgehead atoms. The van der Waals surface area contributed by atoms with E-state index in [0.29, 0.717) is 85.8 Å². The van der Waals surface area contributed by atoms with Crippen molar-refractivity contribution in [1.82, 2.24) is 87.2 Å². The number of hydrogen-bond acceptors (Lipinski definition) is 16. The molecule has 0 atom stereocenters. The van der Waals surface area contributed by atoms with Gasteiger partial charge in [0.05, 0.1) is 100.0 Å². The minimum atomic E-state index is -0.0727. The molecule has 0 N–H and O–H groups in total. The standard InChI is InChI=1S/C23H20N6OS.2C22H18N6O/c1-14-7-4-5-10-17(14)29-18(27-16-9-6-8-15(2)19(16)23(29)30)11-31-22-20-21(24-12-25-22)28(3)13-26-20;1-14-6-3-4-9-18(14)28-19(11-27-13-25-17-10-23-12-24-21(17)27)26-16-8-5-7-15(2)20(16)22(28)29;1-14-6-3-4-9-17(14)28-19(11-27-13-25-21-18(27)10-23-12-24-21)26-16-8-5-7-15(2)20(16)22(28)29/h4-10,12-13H,11H2,1-3H3;2*3-10,12-13H,11H2,1-2H3. The number of rotatable bonds is 10. The summed E-state index contributed by atoms with van der Waals surface area (Å²) < 4.78 is 10.8. The Hall–Kier alpha value is -11.3. The van der Waals surface area contributed by atoms with E-state index in [1.807, 2.05) is 190 Å². The first-order chi connectivity index (χ1) is 43.3. The fourth-order valence-corrected chi connectivity index (χ4v) is 12.0. The van der Waals surface area contributed by atoms with Gasteiger partial charge in [-0.05, 0) is 111 Å². The summed E-state index contributed by atoms with van der Waals surface area (Å²) in [7, 11) is 1.90. The lowest BCUT2D eigenvalue weighted by atomic mass is 10.1. The van der Waals surface area contributed by atoms with Crippen molar-refractivity contribution in [2.75, 3.05) is 0 Å². The van der Waals surface area contributed by atoms with E-state index in [4.69, 9.17) is 15.0 Å². The summed E-state index contributed by atoms with van der Waals surface area (Å²) in [5.74, 6) is 2.40. The van der Waals surface area contributed by atoms with E-state index < -0.39 is 0 Å². The zero-order valence-electron chi connectivity index (χ0n) is 49.5. The topological polar surface area (TPSA) is 235 Å². The van der Waals surface area contributed by atoms with Crippen molar-refractivity contribution in [3.8, 4) is 17.1 Å². The SMILES string of the molecule is Cc1ccccc1-n1c(CSc2ncnc3c2ncn3C)nc2cccc(C)c2c1=O.Cc1ccccc1-n1c(Cn2cnc3cncnc32)nc2cccc(C)c2c1=O.Cc1ccccc1-n1c(Cn2cnc3ncncc32)nc2cccc(C)c2c1=O. The number of thioether (sulfide) groups is 1. The Labute approximate surface area is 511 Å². The van der Waals surface area contributed by atoms with E-state index in [1.54, 1.807) is 45.1 Å². The Kier molecular flexibility index (Phi) is 15.3. The number of imidazole rings is 3. The third-order valence-electron chi connectivity index (χ3n) is 15.6. The van der Waals surface area contributed by atoms with Gasteiger partial charge in [-0.25, -0.2) is 59.8 Å². The molecule has 6 aromatic carbocycles. The first kappa shape index (κ1) is 56.8.